The Kier molecular flexibility index (Phi) is 20.0. The van der Waals surface area contributed by atoms with Crippen LogP contribution in [0.4, 0.5) is 0 Å². The molecular formula is NiO2Pb. The predicted molar refractivity (Wildman–Crippen MR) is 7.13 cm³/mol. The van der Waals surface area contributed by atoms with Crippen LogP contribution < -0.4 is 0 Å². The van der Waals surface area contributed by atoms with Crippen LogP contribution in [0.2, 0.25) is 0 Å². The average molecular weight is 298 g/mol. The summed E-state index contributed by atoms with van der Waals surface area (Å²) < 4.78 is 17.1. The molecule has 0 unspecified atom stereocenters. The standard InChI is InChI=1S/Ni.2O.Pb. The van der Waals surface area contributed by atoms with Gasteiger partial charge in [0, 0.05) is 16.5 Å². The number of rotatable bonds is 0. The molecule has 0 aromatic heterocycles. The van der Waals surface area contributed by atoms with E-state index in [9.17, 15) is 0 Å². The fourth-order valence-corrected chi connectivity index (χ4v) is 0. The fourth-order valence-electron chi connectivity index (χ4n) is 0. The molecule has 0 N–H and O–H groups in total. The molecule has 4 heteroatoms. The van der Waals surface area contributed by atoms with Crippen LogP contribution in [0.15, 0.2) is 0 Å². The molecule has 2 nitrogen and oxygen atoms in total. The Bertz CT molecular complexity index is 27.0. The summed E-state index contributed by atoms with van der Waals surface area (Å²) in [6.45, 7) is 0. The second kappa shape index (κ2) is 8.99. The van der Waals surface area contributed by atoms with E-state index in [1.54, 1.807) is 0 Å². The van der Waals surface area contributed by atoms with Gasteiger partial charge in [-0.1, -0.05) is 0 Å². The summed E-state index contributed by atoms with van der Waals surface area (Å²) >= 11 is -2.42. The molecular weight excluding hydrogens is 298 g/mol. The molecule has 0 atom stereocenters. The Morgan fingerprint density at radius 3 is 1.25 bits per heavy atom. The molecule has 0 bridgehead atoms. The van der Waals surface area contributed by atoms with E-state index in [4.69, 9.17) is 5.37 Å². The van der Waals surface area contributed by atoms with Crippen molar-refractivity contribution in [3.63, 3.8) is 0 Å². The molecule has 0 rings (SSSR count). The molecule has 0 radical (unpaired) electrons. The molecule has 0 aromatic rings. The van der Waals surface area contributed by atoms with Crippen molar-refractivity contribution < 1.29 is 21.9 Å². The third-order valence-corrected chi connectivity index (χ3v) is 0. The number of hydrogen-bond donors (Lipinski definition) is 0. The van der Waals surface area contributed by atoms with Crippen LogP contribution in [0, 0.1) is 0 Å². The van der Waals surface area contributed by atoms with Crippen molar-refractivity contribution in [3.8, 4) is 0 Å². The van der Waals surface area contributed by atoms with Gasteiger partial charge in [0.25, 0.3) is 0 Å². The summed E-state index contributed by atoms with van der Waals surface area (Å²) in [7, 11) is 0. The van der Waals surface area contributed by atoms with E-state index in [0.29, 0.717) is 0 Å². The van der Waals surface area contributed by atoms with Crippen molar-refractivity contribution in [2.45, 2.75) is 0 Å². The van der Waals surface area contributed by atoms with Crippen LogP contribution in [-0.2, 0) is 21.9 Å². The van der Waals surface area contributed by atoms with Gasteiger partial charge in [-0.2, -0.15) is 0 Å². The zero-order valence-corrected chi connectivity index (χ0v) is 6.51. The zero-order valence-electron chi connectivity index (χ0n) is 1.63. The maximum atomic E-state index is 8.57. The molecule has 0 aliphatic heterocycles. The molecule has 0 amide bonds. The van der Waals surface area contributed by atoms with Gasteiger partial charge in [0.15, 0.2) is 0 Å². The van der Waals surface area contributed by atoms with Crippen LogP contribution in [0.3, 0.4) is 0 Å². The van der Waals surface area contributed by atoms with Crippen LogP contribution >= 0.6 is 0 Å². The van der Waals surface area contributed by atoms with Crippen molar-refractivity contribution in [1.29, 1.82) is 0 Å². The van der Waals surface area contributed by atoms with E-state index in [-0.39, 0.29) is 16.5 Å². The second-order valence-corrected chi connectivity index (χ2v) is 0.731. The second-order valence-electron chi connectivity index (χ2n) is 0.0833. The quantitative estimate of drug-likeness (QED) is 0.559. The topological polar surface area (TPSA) is 34.1 Å². The van der Waals surface area contributed by atoms with E-state index in [0.717, 1.165) is 0 Å². The van der Waals surface area contributed by atoms with Gasteiger partial charge in [-0.15, -0.1) is 0 Å². The Hall–Kier alpha value is 1.02. The molecule has 4 heavy (non-hydrogen) atoms. The van der Waals surface area contributed by atoms with Gasteiger partial charge in [-0.05, 0) is 0 Å². The van der Waals surface area contributed by atoms with E-state index < -0.39 is 24.3 Å². The first-order valence-electron chi connectivity index (χ1n) is 0.408. The third kappa shape index (κ3) is 11.9. The maximum absolute atomic E-state index is 8.57. The summed E-state index contributed by atoms with van der Waals surface area (Å²) in [5, 5.41) is 0. The summed E-state index contributed by atoms with van der Waals surface area (Å²) in [5.41, 5.74) is 0. The first-order valence-corrected chi connectivity index (χ1v) is 3.58. The normalized spacial score (nSPS) is 2.00. The SMILES string of the molecule is [Ni].[O]=[Pb]=[O]. The molecule has 0 spiro atoms. The van der Waals surface area contributed by atoms with E-state index in [2.05, 4.69) is 0 Å². The van der Waals surface area contributed by atoms with Gasteiger partial charge in [0.05, 0.1) is 0 Å². The Morgan fingerprint density at radius 1 is 1.25 bits per heavy atom. The monoisotopic (exact) mass is 298 g/mol. The average Bonchev–Trinajstić information content (AvgIpc) is 0.918. The van der Waals surface area contributed by atoms with Crippen LogP contribution in [-0.4, -0.2) is 24.3 Å². The summed E-state index contributed by atoms with van der Waals surface area (Å²) in [6, 6.07) is 0. The molecule has 0 heterocycles. The molecule has 0 aromatic carbocycles. The summed E-state index contributed by atoms with van der Waals surface area (Å²) in [4.78, 5) is 0. The fraction of sp³-hybridized carbons (Fsp3) is 0. The molecule has 0 fully saturated rings. The predicted octanol–water partition coefficient (Wildman–Crippen LogP) is -0.621. The van der Waals surface area contributed by atoms with Crippen molar-refractivity contribution >= 4 is 24.3 Å². The minimum absolute atomic E-state index is 0. The van der Waals surface area contributed by atoms with Crippen LogP contribution in [0.25, 0.3) is 0 Å². The molecule has 26 valence electrons. The van der Waals surface area contributed by atoms with Crippen molar-refractivity contribution in [2.24, 2.45) is 0 Å². The first kappa shape index (κ1) is 8.89. The Balaban J connectivity index is 0. The van der Waals surface area contributed by atoms with Gasteiger partial charge in [0.2, 0.25) is 0 Å². The van der Waals surface area contributed by atoms with Gasteiger partial charge < -0.3 is 0 Å². The summed E-state index contributed by atoms with van der Waals surface area (Å²) in [5.74, 6) is 0. The van der Waals surface area contributed by atoms with Gasteiger partial charge in [-0.3, -0.25) is 0 Å². The summed E-state index contributed by atoms with van der Waals surface area (Å²) in [6.07, 6.45) is 0. The van der Waals surface area contributed by atoms with Gasteiger partial charge in [-0.25, -0.2) is 0 Å². The van der Waals surface area contributed by atoms with Crippen LogP contribution in [0.1, 0.15) is 0 Å². The Labute approximate surface area is 46.0 Å². The zero-order chi connectivity index (χ0) is 2.71. The van der Waals surface area contributed by atoms with Crippen molar-refractivity contribution in [1.82, 2.24) is 0 Å². The van der Waals surface area contributed by atoms with E-state index in [1.165, 1.54) is 0 Å². The van der Waals surface area contributed by atoms with Crippen LogP contribution in [0.5, 0.6) is 0 Å². The molecule has 0 aliphatic carbocycles. The molecule has 0 saturated heterocycles. The van der Waals surface area contributed by atoms with Crippen molar-refractivity contribution in [3.05, 3.63) is 0 Å². The van der Waals surface area contributed by atoms with Gasteiger partial charge >= 0.3 is 29.6 Å². The Morgan fingerprint density at radius 2 is 1.25 bits per heavy atom. The molecule has 0 aliphatic rings. The van der Waals surface area contributed by atoms with Gasteiger partial charge in [0.1, 0.15) is 0 Å². The third-order valence-electron chi connectivity index (χ3n) is 0. The number of hydrogen-bond acceptors (Lipinski definition) is 2. The minimum atomic E-state index is -2.42. The van der Waals surface area contributed by atoms with E-state index >= 15 is 0 Å². The first-order chi connectivity index (χ1) is 1.41. The van der Waals surface area contributed by atoms with Crippen molar-refractivity contribution in [2.75, 3.05) is 0 Å². The van der Waals surface area contributed by atoms with E-state index in [1.807, 2.05) is 0 Å². The molecule has 0 saturated carbocycles.